The van der Waals surface area contributed by atoms with Crippen LogP contribution in [0.5, 0.6) is 0 Å². The summed E-state index contributed by atoms with van der Waals surface area (Å²) in [4.78, 5) is 0. The van der Waals surface area contributed by atoms with Gasteiger partial charge in [-0.05, 0) is 20.8 Å². The van der Waals surface area contributed by atoms with E-state index in [2.05, 4.69) is 16.3 Å². The summed E-state index contributed by atoms with van der Waals surface area (Å²) in [5.41, 5.74) is 0. The fraction of sp³-hybridized carbons (Fsp3) is 1.00. The van der Waals surface area contributed by atoms with Crippen LogP contribution in [0.15, 0.2) is 0 Å². The number of methoxy groups -OCH3 is 2. The molecular weight excluding hydrogens is 192 g/mol. The van der Waals surface area contributed by atoms with Crippen LogP contribution in [-0.4, -0.2) is 45.5 Å². The highest BCUT2D eigenvalue weighted by atomic mass is 35.5. The van der Waals surface area contributed by atoms with Crippen molar-refractivity contribution in [3.8, 4) is 0 Å². The molecule has 0 unspecified atom stereocenters. The lowest BCUT2D eigenvalue weighted by Crippen LogP contribution is -1.94. The van der Waals surface area contributed by atoms with Gasteiger partial charge in [-0.3, -0.25) is 0 Å². The van der Waals surface area contributed by atoms with Crippen molar-refractivity contribution in [3.05, 3.63) is 0 Å². The van der Waals surface area contributed by atoms with E-state index in [0.717, 1.165) is 13.7 Å². The number of aliphatic hydroxyl groups is 1. The van der Waals surface area contributed by atoms with Gasteiger partial charge in [0.2, 0.25) is 0 Å². The molecule has 0 spiro atoms. The molecule has 3 nitrogen and oxygen atoms in total. The summed E-state index contributed by atoms with van der Waals surface area (Å²) in [6.07, 6.45) is 1.86. The van der Waals surface area contributed by atoms with Gasteiger partial charge in [-0.2, -0.15) is 0 Å². The van der Waals surface area contributed by atoms with E-state index < -0.39 is 0 Å². The number of alkyl halides is 1. The highest BCUT2D eigenvalue weighted by Crippen LogP contribution is 1.77. The van der Waals surface area contributed by atoms with Crippen LogP contribution < -0.4 is 0 Å². The van der Waals surface area contributed by atoms with E-state index in [9.17, 15) is 0 Å². The Kier molecular flexibility index (Phi) is 71.2. The summed E-state index contributed by atoms with van der Waals surface area (Å²) in [6, 6.07) is 0. The van der Waals surface area contributed by atoms with Crippen LogP contribution in [0.4, 0.5) is 0 Å². The second kappa shape index (κ2) is 39.9. The van der Waals surface area contributed by atoms with Gasteiger partial charge < -0.3 is 14.6 Å². The molecule has 0 heterocycles. The fourth-order valence-electron chi connectivity index (χ4n) is 0. The molecule has 4 heteroatoms. The molecule has 13 heavy (non-hydrogen) atoms. The van der Waals surface area contributed by atoms with Crippen LogP contribution in [-0.2, 0) is 9.47 Å². The van der Waals surface area contributed by atoms with Crippen molar-refractivity contribution >= 4 is 11.6 Å². The molecule has 0 aromatic carbocycles. The summed E-state index contributed by atoms with van der Waals surface area (Å²) in [7, 11) is 4.38. The second-order valence-electron chi connectivity index (χ2n) is 1.86. The van der Waals surface area contributed by atoms with Crippen LogP contribution in [0, 0.1) is 0 Å². The van der Waals surface area contributed by atoms with Gasteiger partial charge in [0.1, 0.15) is 0 Å². The molecule has 0 radical (unpaired) electrons. The molecule has 0 atom stereocenters. The zero-order chi connectivity index (χ0) is 11.7. The third-order valence-electron chi connectivity index (χ3n) is 0.760. The zero-order valence-corrected chi connectivity index (χ0v) is 10.7. The number of halogens is 1. The van der Waals surface area contributed by atoms with Crippen LogP contribution in [0.1, 0.15) is 20.8 Å². The Bertz CT molecular complexity index is 41.8. The van der Waals surface area contributed by atoms with Crippen molar-refractivity contribution < 1.29 is 14.6 Å². The molecule has 0 aromatic heterocycles. The highest BCUT2D eigenvalue weighted by Gasteiger charge is 1.78. The number of rotatable bonds is 2. The van der Waals surface area contributed by atoms with Gasteiger partial charge in [0.25, 0.3) is 0 Å². The van der Waals surface area contributed by atoms with E-state index >= 15 is 0 Å². The molecule has 0 aliphatic rings. The topological polar surface area (TPSA) is 38.7 Å². The third kappa shape index (κ3) is 125. The largest absolute Gasteiger partial charge is 0.400 e. The van der Waals surface area contributed by atoms with Gasteiger partial charge in [-0.15, -0.1) is 11.6 Å². The summed E-state index contributed by atoms with van der Waals surface area (Å²) >= 11 is 4.64. The fourth-order valence-corrected chi connectivity index (χ4v) is 0. The molecule has 0 fully saturated rings. The zero-order valence-electron chi connectivity index (χ0n) is 9.93. The van der Waals surface area contributed by atoms with Crippen molar-refractivity contribution in [3.63, 3.8) is 0 Å². The predicted molar refractivity (Wildman–Crippen MR) is 59.6 cm³/mol. The molecule has 1 N–H and O–H groups in total. The summed E-state index contributed by atoms with van der Waals surface area (Å²) in [6.45, 7) is 6.78. The first-order chi connectivity index (χ1) is 6.18. The Labute approximate surface area is 88.0 Å². The van der Waals surface area contributed by atoms with Crippen LogP contribution in [0.25, 0.3) is 0 Å². The maximum Gasteiger partial charge on any atom is 0.0515 e. The molecule has 0 rings (SSSR count). The van der Waals surface area contributed by atoms with Gasteiger partial charge in [-0.1, -0.05) is 0 Å². The minimum absolute atomic E-state index is 0.384. The lowest BCUT2D eigenvalue weighted by atomic mass is 10.5. The molecule has 0 aliphatic heterocycles. The predicted octanol–water partition coefficient (Wildman–Crippen LogP) is 2.16. The number of aliphatic hydroxyl groups excluding tert-OH is 1. The first-order valence-corrected chi connectivity index (χ1v) is 4.78. The lowest BCUT2D eigenvalue weighted by molar-refractivity contribution is 0.134. The first kappa shape index (κ1) is 23.2. The maximum absolute atomic E-state index is 7.00. The van der Waals surface area contributed by atoms with Crippen molar-refractivity contribution in [1.29, 1.82) is 0 Å². The summed E-state index contributed by atoms with van der Waals surface area (Å²) in [5, 5.41) is 7.00. The van der Waals surface area contributed by atoms with E-state index in [1.54, 1.807) is 14.2 Å². The monoisotopic (exact) mass is 216 g/mol. The summed E-state index contributed by atoms with van der Waals surface area (Å²) < 4.78 is 9.29. The second-order valence-corrected chi connectivity index (χ2v) is 1.86. The standard InChI is InChI=1S/C4H10O.C3H8O.CH3Cl.CH4O/c1-4(2)5-3;1-3-4-2;2*1-2/h4H,1-3H3;3H2,1-2H3;1H3;2H,1H3. The third-order valence-corrected chi connectivity index (χ3v) is 0.760. The minimum Gasteiger partial charge on any atom is -0.400 e. The molecule has 0 amide bonds. The number of hydrogen-bond acceptors (Lipinski definition) is 3. The Hall–Kier alpha value is 0.170. The van der Waals surface area contributed by atoms with E-state index in [1.165, 1.54) is 6.38 Å². The Balaban J connectivity index is -0.0000000457. The molecule has 0 aromatic rings. The van der Waals surface area contributed by atoms with E-state index in [0.29, 0.717) is 6.10 Å². The van der Waals surface area contributed by atoms with Gasteiger partial charge >= 0.3 is 0 Å². The lowest BCUT2D eigenvalue weighted by Gasteiger charge is -1.94. The summed E-state index contributed by atoms with van der Waals surface area (Å²) in [5.74, 6) is 0. The number of hydrogen-bond donors (Lipinski definition) is 1. The SMILES string of the molecule is CCOC.CCl.CO.COC(C)C. The van der Waals surface area contributed by atoms with Crippen molar-refractivity contribution in [1.82, 2.24) is 0 Å². The van der Waals surface area contributed by atoms with Crippen LogP contribution in [0.3, 0.4) is 0 Å². The van der Waals surface area contributed by atoms with E-state index in [4.69, 9.17) is 9.84 Å². The Morgan fingerprint density at radius 1 is 1.15 bits per heavy atom. The minimum atomic E-state index is 0.384. The highest BCUT2D eigenvalue weighted by molar-refractivity contribution is 6.15. The average molecular weight is 217 g/mol. The van der Waals surface area contributed by atoms with Crippen molar-refractivity contribution in [2.45, 2.75) is 26.9 Å². The van der Waals surface area contributed by atoms with E-state index in [-0.39, 0.29) is 0 Å². The Morgan fingerprint density at radius 3 is 1.31 bits per heavy atom. The van der Waals surface area contributed by atoms with Crippen LogP contribution >= 0.6 is 11.6 Å². The van der Waals surface area contributed by atoms with E-state index in [1.807, 2.05) is 20.8 Å². The first-order valence-electron chi connectivity index (χ1n) is 4.03. The van der Waals surface area contributed by atoms with Crippen molar-refractivity contribution in [2.24, 2.45) is 0 Å². The van der Waals surface area contributed by atoms with Gasteiger partial charge in [-0.25, -0.2) is 0 Å². The smallest absolute Gasteiger partial charge is 0.0515 e. The number of ether oxygens (including phenoxy) is 2. The molecule has 0 bridgehead atoms. The molecular formula is C9H25ClO3. The van der Waals surface area contributed by atoms with Crippen molar-refractivity contribution in [2.75, 3.05) is 34.3 Å². The average Bonchev–Trinajstić information content (AvgIpc) is 2.24. The molecule has 0 saturated carbocycles. The maximum atomic E-state index is 7.00. The van der Waals surface area contributed by atoms with Crippen LogP contribution in [0.2, 0.25) is 0 Å². The molecule has 0 saturated heterocycles. The van der Waals surface area contributed by atoms with Gasteiger partial charge in [0.15, 0.2) is 0 Å². The quantitative estimate of drug-likeness (QED) is 0.719. The Morgan fingerprint density at radius 2 is 1.31 bits per heavy atom. The normalized spacial score (nSPS) is 6.92. The van der Waals surface area contributed by atoms with Gasteiger partial charge in [0.05, 0.1) is 6.10 Å². The molecule has 86 valence electrons. The molecule has 0 aliphatic carbocycles. The van der Waals surface area contributed by atoms with Gasteiger partial charge in [0, 0.05) is 34.3 Å².